The SMILES string of the molecule is NC1CCN(CC2CN3CCCC3CO2)C1. The smallest absolute Gasteiger partial charge is 0.0829 e. The Morgan fingerprint density at radius 3 is 2.94 bits per heavy atom. The van der Waals surface area contributed by atoms with Gasteiger partial charge in [-0.3, -0.25) is 9.80 Å². The van der Waals surface area contributed by atoms with E-state index in [-0.39, 0.29) is 0 Å². The van der Waals surface area contributed by atoms with Crippen LogP contribution in [0.1, 0.15) is 19.3 Å². The van der Waals surface area contributed by atoms with Gasteiger partial charge >= 0.3 is 0 Å². The van der Waals surface area contributed by atoms with Crippen molar-refractivity contribution in [3.63, 3.8) is 0 Å². The number of morpholine rings is 1. The van der Waals surface area contributed by atoms with Gasteiger partial charge in [-0.25, -0.2) is 0 Å². The number of nitrogens with zero attached hydrogens (tertiary/aromatic N) is 2. The standard InChI is InChI=1S/C12H23N3O/c13-10-3-5-14(6-10)7-12-8-15-4-1-2-11(15)9-16-12/h10-12H,1-9,13H2. The van der Waals surface area contributed by atoms with Crippen LogP contribution in [0.2, 0.25) is 0 Å². The summed E-state index contributed by atoms with van der Waals surface area (Å²) in [5.74, 6) is 0. The molecule has 3 aliphatic rings. The van der Waals surface area contributed by atoms with Crippen LogP contribution in [0, 0.1) is 0 Å². The highest BCUT2D eigenvalue weighted by Crippen LogP contribution is 2.23. The second-order valence-corrected chi connectivity index (χ2v) is 5.55. The quantitative estimate of drug-likeness (QED) is 0.711. The molecule has 0 amide bonds. The van der Waals surface area contributed by atoms with E-state index in [1.807, 2.05) is 0 Å². The zero-order valence-corrected chi connectivity index (χ0v) is 9.98. The van der Waals surface area contributed by atoms with Crippen molar-refractivity contribution in [3.05, 3.63) is 0 Å². The largest absolute Gasteiger partial charge is 0.374 e. The number of fused-ring (bicyclic) bond motifs is 1. The Bertz CT molecular complexity index is 248. The Morgan fingerprint density at radius 2 is 2.12 bits per heavy atom. The first-order chi connectivity index (χ1) is 7.81. The van der Waals surface area contributed by atoms with Gasteiger partial charge in [0.05, 0.1) is 12.7 Å². The summed E-state index contributed by atoms with van der Waals surface area (Å²) in [6.07, 6.45) is 4.26. The summed E-state index contributed by atoms with van der Waals surface area (Å²) >= 11 is 0. The van der Waals surface area contributed by atoms with E-state index in [9.17, 15) is 0 Å². The van der Waals surface area contributed by atoms with Gasteiger partial charge in [-0.1, -0.05) is 0 Å². The molecular weight excluding hydrogens is 202 g/mol. The summed E-state index contributed by atoms with van der Waals surface area (Å²) in [5.41, 5.74) is 5.92. The van der Waals surface area contributed by atoms with E-state index >= 15 is 0 Å². The fourth-order valence-corrected chi connectivity index (χ4v) is 3.31. The van der Waals surface area contributed by atoms with Crippen molar-refractivity contribution in [2.24, 2.45) is 5.73 Å². The van der Waals surface area contributed by atoms with E-state index in [1.54, 1.807) is 0 Å². The topological polar surface area (TPSA) is 41.7 Å². The lowest BCUT2D eigenvalue weighted by Gasteiger charge is -2.36. The third kappa shape index (κ3) is 2.25. The van der Waals surface area contributed by atoms with Gasteiger partial charge in [0.1, 0.15) is 0 Å². The molecule has 4 nitrogen and oxygen atoms in total. The summed E-state index contributed by atoms with van der Waals surface area (Å²) in [7, 11) is 0. The van der Waals surface area contributed by atoms with E-state index < -0.39 is 0 Å². The van der Waals surface area contributed by atoms with Crippen molar-refractivity contribution in [3.8, 4) is 0 Å². The van der Waals surface area contributed by atoms with E-state index in [2.05, 4.69) is 9.80 Å². The maximum absolute atomic E-state index is 5.96. The molecule has 3 atom stereocenters. The Labute approximate surface area is 97.7 Å². The van der Waals surface area contributed by atoms with Gasteiger partial charge in [0, 0.05) is 31.7 Å². The molecule has 0 radical (unpaired) electrons. The van der Waals surface area contributed by atoms with Crippen LogP contribution in [-0.2, 0) is 4.74 Å². The molecule has 92 valence electrons. The highest BCUT2D eigenvalue weighted by atomic mass is 16.5. The van der Waals surface area contributed by atoms with Crippen LogP contribution in [0.3, 0.4) is 0 Å². The fourth-order valence-electron chi connectivity index (χ4n) is 3.31. The monoisotopic (exact) mass is 225 g/mol. The number of hydrogen-bond acceptors (Lipinski definition) is 4. The molecule has 3 aliphatic heterocycles. The molecular formula is C12H23N3O. The molecule has 0 aliphatic carbocycles. The molecule has 2 N–H and O–H groups in total. The van der Waals surface area contributed by atoms with Gasteiger partial charge in [0.15, 0.2) is 0 Å². The number of likely N-dealkylation sites (tertiary alicyclic amines) is 1. The first-order valence-corrected chi connectivity index (χ1v) is 6.65. The molecule has 3 fully saturated rings. The van der Waals surface area contributed by atoms with E-state index in [0.29, 0.717) is 12.1 Å². The Kier molecular flexibility index (Phi) is 3.16. The van der Waals surface area contributed by atoms with E-state index in [0.717, 1.165) is 45.2 Å². The van der Waals surface area contributed by atoms with Crippen LogP contribution < -0.4 is 5.73 Å². The van der Waals surface area contributed by atoms with Gasteiger partial charge in [0.2, 0.25) is 0 Å². The highest BCUT2D eigenvalue weighted by molar-refractivity contribution is 4.88. The molecule has 4 heteroatoms. The van der Waals surface area contributed by atoms with Gasteiger partial charge in [-0.2, -0.15) is 0 Å². The number of rotatable bonds is 2. The minimum Gasteiger partial charge on any atom is -0.374 e. The summed E-state index contributed by atoms with van der Waals surface area (Å²) in [6.45, 7) is 6.66. The van der Waals surface area contributed by atoms with Crippen LogP contribution >= 0.6 is 0 Å². The molecule has 0 spiro atoms. The Balaban J connectivity index is 1.49. The molecule has 0 aromatic rings. The van der Waals surface area contributed by atoms with Crippen molar-refractivity contribution in [2.45, 2.75) is 37.5 Å². The second-order valence-electron chi connectivity index (χ2n) is 5.55. The van der Waals surface area contributed by atoms with Crippen LogP contribution in [0.15, 0.2) is 0 Å². The third-order valence-corrected chi connectivity index (χ3v) is 4.23. The normalized spacial score (nSPS) is 41.4. The Hall–Kier alpha value is -0.160. The van der Waals surface area contributed by atoms with Crippen LogP contribution in [-0.4, -0.2) is 67.3 Å². The first-order valence-electron chi connectivity index (χ1n) is 6.65. The van der Waals surface area contributed by atoms with Crippen molar-refractivity contribution >= 4 is 0 Å². The lowest BCUT2D eigenvalue weighted by Crippen LogP contribution is -2.50. The lowest BCUT2D eigenvalue weighted by molar-refractivity contribution is -0.0590. The summed E-state index contributed by atoms with van der Waals surface area (Å²) in [6, 6.07) is 1.11. The molecule has 3 saturated heterocycles. The average molecular weight is 225 g/mol. The van der Waals surface area contributed by atoms with Gasteiger partial charge < -0.3 is 10.5 Å². The first kappa shape index (κ1) is 11.0. The highest BCUT2D eigenvalue weighted by Gasteiger charge is 2.33. The van der Waals surface area contributed by atoms with Crippen LogP contribution in [0.25, 0.3) is 0 Å². The van der Waals surface area contributed by atoms with Crippen LogP contribution in [0.5, 0.6) is 0 Å². The number of nitrogens with two attached hydrogens (primary N) is 1. The van der Waals surface area contributed by atoms with Crippen molar-refractivity contribution < 1.29 is 4.74 Å². The van der Waals surface area contributed by atoms with Gasteiger partial charge in [-0.05, 0) is 32.4 Å². The number of hydrogen-bond donors (Lipinski definition) is 1. The second kappa shape index (κ2) is 4.61. The van der Waals surface area contributed by atoms with Gasteiger partial charge in [-0.15, -0.1) is 0 Å². The fraction of sp³-hybridized carbons (Fsp3) is 1.00. The Morgan fingerprint density at radius 1 is 1.19 bits per heavy atom. The molecule has 3 unspecified atom stereocenters. The minimum atomic E-state index is 0.392. The molecule has 3 heterocycles. The molecule has 3 rings (SSSR count). The summed E-state index contributed by atoms with van der Waals surface area (Å²) in [4.78, 5) is 5.08. The molecule has 0 bridgehead atoms. The molecule has 0 aromatic carbocycles. The van der Waals surface area contributed by atoms with Crippen molar-refractivity contribution in [1.82, 2.24) is 9.80 Å². The maximum Gasteiger partial charge on any atom is 0.0829 e. The minimum absolute atomic E-state index is 0.392. The average Bonchev–Trinajstić information content (AvgIpc) is 2.87. The number of ether oxygens (including phenoxy) is 1. The lowest BCUT2D eigenvalue weighted by atomic mass is 10.2. The molecule has 0 aromatic heterocycles. The molecule has 16 heavy (non-hydrogen) atoms. The zero-order valence-electron chi connectivity index (χ0n) is 9.98. The van der Waals surface area contributed by atoms with Crippen LogP contribution in [0.4, 0.5) is 0 Å². The molecule has 0 saturated carbocycles. The predicted octanol–water partition coefficient (Wildman–Crippen LogP) is -0.117. The predicted molar refractivity (Wildman–Crippen MR) is 63.4 cm³/mol. The van der Waals surface area contributed by atoms with Crippen molar-refractivity contribution in [1.29, 1.82) is 0 Å². The van der Waals surface area contributed by atoms with Gasteiger partial charge in [0.25, 0.3) is 0 Å². The third-order valence-electron chi connectivity index (χ3n) is 4.23. The summed E-state index contributed by atoms with van der Waals surface area (Å²) in [5, 5.41) is 0. The van der Waals surface area contributed by atoms with E-state index in [4.69, 9.17) is 10.5 Å². The zero-order chi connectivity index (χ0) is 11.0. The summed E-state index contributed by atoms with van der Waals surface area (Å²) < 4.78 is 5.96. The van der Waals surface area contributed by atoms with Crippen molar-refractivity contribution in [2.75, 3.05) is 39.3 Å². The maximum atomic E-state index is 5.96. The van der Waals surface area contributed by atoms with E-state index in [1.165, 1.54) is 19.4 Å².